The van der Waals surface area contributed by atoms with Crippen LogP contribution >= 0.6 is 15.9 Å². The van der Waals surface area contributed by atoms with Gasteiger partial charge in [0.2, 0.25) is 0 Å². The molecule has 0 unspecified atom stereocenters. The predicted molar refractivity (Wildman–Crippen MR) is 74.4 cm³/mol. The van der Waals surface area contributed by atoms with Gasteiger partial charge in [0.15, 0.2) is 0 Å². The number of carbonyl (C=O) groups excluding carboxylic acids is 1. The summed E-state index contributed by atoms with van der Waals surface area (Å²) >= 11 is 3.06. The Labute approximate surface area is 119 Å². The average Bonchev–Trinajstić information content (AvgIpc) is 2.43. The number of nitrogens with one attached hydrogen (secondary N) is 1. The molecule has 3 nitrogen and oxygen atoms in total. The first-order valence-electron chi connectivity index (χ1n) is 5.79. The van der Waals surface area contributed by atoms with Crippen LogP contribution in [0.1, 0.15) is 15.9 Å². The molecule has 0 aliphatic rings. The van der Waals surface area contributed by atoms with Gasteiger partial charge in [-0.1, -0.05) is 6.07 Å². The minimum Gasteiger partial charge on any atom is -0.352 e. The summed E-state index contributed by atoms with van der Waals surface area (Å²) in [7, 11) is 0. The molecule has 0 radical (unpaired) electrons. The van der Waals surface area contributed by atoms with Crippen molar-refractivity contribution < 1.29 is 9.18 Å². The van der Waals surface area contributed by atoms with E-state index >= 15 is 0 Å². The summed E-state index contributed by atoms with van der Waals surface area (Å²) in [6.45, 7) is 0.453. The molecule has 0 bridgehead atoms. The van der Waals surface area contributed by atoms with Crippen LogP contribution in [0.2, 0.25) is 0 Å². The summed E-state index contributed by atoms with van der Waals surface area (Å²) in [5.41, 5.74) is 1.12. The number of pyridine rings is 1. The van der Waals surface area contributed by atoms with E-state index in [1.165, 1.54) is 6.07 Å². The van der Waals surface area contributed by atoms with E-state index in [-0.39, 0.29) is 10.0 Å². The van der Waals surface area contributed by atoms with Crippen molar-refractivity contribution in [3.8, 4) is 0 Å². The van der Waals surface area contributed by atoms with Crippen molar-refractivity contribution in [2.45, 2.75) is 6.42 Å². The summed E-state index contributed by atoms with van der Waals surface area (Å²) in [6, 6.07) is 8.41. The molecular formula is C14H12BrFN2O. The summed E-state index contributed by atoms with van der Waals surface area (Å²) in [5, 5.41) is 2.70. The predicted octanol–water partition coefficient (Wildman–Crippen LogP) is 2.96. The van der Waals surface area contributed by atoms with Gasteiger partial charge in [-0.05, 0) is 52.2 Å². The Morgan fingerprint density at radius 1 is 1.26 bits per heavy atom. The van der Waals surface area contributed by atoms with Crippen LogP contribution in [-0.4, -0.2) is 17.4 Å². The highest BCUT2D eigenvalue weighted by molar-refractivity contribution is 9.10. The highest BCUT2D eigenvalue weighted by Gasteiger charge is 2.12. The van der Waals surface area contributed by atoms with E-state index in [1.807, 2.05) is 12.1 Å². The van der Waals surface area contributed by atoms with Crippen LogP contribution < -0.4 is 5.32 Å². The van der Waals surface area contributed by atoms with Crippen molar-refractivity contribution in [2.24, 2.45) is 0 Å². The maximum absolute atomic E-state index is 13.7. The van der Waals surface area contributed by atoms with E-state index in [2.05, 4.69) is 26.2 Å². The molecule has 0 aliphatic heterocycles. The molecule has 98 valence electrons. The number of carbonyl (C=O) groups is 1. The molecule has 0 fully saturated rings. The van der Waals surface area contributed by atoms with Gasteiger partial charge in [0, 0.05) is 18.9 Å². The molecule has 19 heavy (non-hydrogen) atoms. The minimum atomic E-state index is -0.538. The van der Waals surface area contributed by atoms with Gasteiger partial charge in [-0.25, -0.2) is 4.39 Å². The fourth-order valence-electron chi connectivity index (χ4n) is 1.64. The van der Waals surface area contributed by atoms with E-state index in [0.717, 1.165) is 5.56 Å². The molecule has 5 heteroatoms. The molecule has 1 aromatic carbocycles. The van der Waals surface area contributed by atoms with Gasteiger partial charge in [0.1, 0.15) is 5.82 Å². The molecule has 1 heterocycles. The fraction of sp³-hybridized carbons (Fsp3) is 0.143. The van der Waals surface area contributed by atoms with Crippen LogP contribution in [0.5, 0.6) is 0 Å². The third-order valence-electron chi connectivity index (χ3n) is 2.64. The normalized spacial score (nSPS) is 10.2. The Kier molecular flexibility index (Phi) is 4.63. The van der Waals surface area contributed by atoms with Crippen LogP contribution in [0.25, 0.3) is 0 Å². The van der Waals surface area contributed by atoms with Crippen LogP contribution in [0.3, 0.4) is 0 Å². The van der Waals surface area contributed by atoms with E-state index in [0.29, 0.717) is 13.0 Å². The van der Waals surface area contributed by atoms with E-state index < -0.39 is 11.7 Å². The lowest BCUT2D eigenvalue weighted by atomic mass is 10.2. The standard InChI is InChI=1S/C14H12BrFN2O/c15-12-3-1-2-11(13(12)16)14(19)18-9-6-10-4-7-17-8-5-10/h1-5,7-8H,6,9H2,(H,18,19). The number of rotatable bonds is 4. The zero-order chi connectivity index (χ0) is 13.7. The second-order valence-electron chi connectivity index (χ2n) is 3.96. The summed E-state index contributed by atoms with van der Waals surface area (Å²) in [6.07, 6.45) is 4.08. The van der Waals surface area contributed by atoms with Crippen molar-refractivity contribution in [3.63, 3.8) is 0 Å². The number of nitrogens with zero attached hydrogens (tertiary/aromatic N) is 1. The lowest BCUT2D eigenvalue weighted by Gasteiger charge is -2.07. The van der Waals surface area contributed by atoms with Crippen LogP contribution in [0, 0.1) is 5.82 Å². The average molecular weight is 323 g/mol. The first-order valence-corrected chi connectivity index (χ1v) is 6.59. The molecule has 0 saturated heterocycles. The number of aromatic nitrogens is 1. The van der Waals surface area contributed by atoms with Crippen LogP contribution in [-0.2, 0) is 6.42 Å². The Morgan fingerprint density at radius 3 is 2.74 bits per heavy atom. The van der Waals surface area contributed by atoms with Crippen molar-refractivity contribution in [2.75, 3.05) is 6.54 Å². The summed E-state index contributed by atoms with van der Waals surface area (Å²) in [5.74, 6) is -0.947. The Bertz CT molecular complexity index is 575. The lowest BCUT2D eigenvalue weighted by molar-refractivity contribution is 0.0950. The van der Waals surface area contributed by atoms with Crippen molar-refractivity contribution in [1.82, 2.24) is 10.3 Å². The first-order chi connectivity index (χ1) is 9.18. The molecule has 2 rings (SSSR count). The van der Waals surface area contributed by atoms with Gasteiger partial charge < -0.3 is 5.32 Å². The topological polar surface area (TPSA) is 42.0 Å². The number of benzene rings is 1. The van der Waals surface area contributed by atoms with Gasteiger partial charge in [-0.15, -0.1) is 0 Å². The van der Waals surface area contributed by atoms with Crippen LogP contribution in [0.15, 0.2) is 47.2 Å². The SMILES string of the molecule is O=C(NCCc1ccncc1)c1cccc(Br)c1F. The van der Waals surface area contributed by atoms with E-state index in [9.17, 15) is 9.18 Å². The maximum atomic E-state index is 13.7. The van der Waals surface area contributed by atoms with Crippen LogP contribution in [0.4, 0.5) is 4.39 Å². The van der Waals surface area contributed by atoms with Crippen molar-refractivity contribution in [3.05, 3.63) is 64.1 Å². The fourth-order valence-corrected chi connectivity index (χ4v) is 2.01. The quantitative estimate of drug-likeness (QED) is 0.940. The summed E-state index contributed by atoms with van der Waals surface area (Å²) in [4.78, 5) is 15.7. The molecule has 0 atom stereocenters. The molecule has 0 saturated carbocycles. The lowest BCUT2D eigenvalue weighted by Crippen LogP contribution is -2.26. The number of amides is 1. The van der Waals surface area contributed by atoms with Gasteiger partial charge in [0.05, 0.1) is 10.0 Å². The largest absolute Gasteiger partial charge is 0.352 e. The highest BCUT2D eigenvalue weighted by atomic mass is 79.9. The van der Waals surface area contributed by atoms with Gasteiger partial charge in [-0.3, -0.25) is 9.78 Å². The number of halogens is 2. The maximum Gasteiger partial charge on any atom is 0.254 e. The third kappa shape index (κ3) is 3.61. The molecule has 0 spiro atoms. The Balaban J connectivity index is 1.93. The molecule has 1 aromatic heterocycles. The monoisotopic (exact) mass is 322 g/mol. The Morgan fingerprint density at radius 2 is 2.00 bits per heavy atom. The molecule has 0 aliphatic carbocycles. The number of hydrogen-bond donors (Lipinski definition) is 1. The second-order valence-corrected chi connectivity index (χ2v) is 4.82. The molecule has 1 N–H and O–H groups in total. The highest BCUT2D eigenvalue weighted by Crippen LogP contribution is 2.18. The van der Waals surface area contributed by atoms with E-state index in [1.54, 1.807) is 24.5 Å². The van der Waals surface area contributed by atoms with Crippen molar-refractivity contribution >= 4 is 21.8 Å². The second kappa shape index (κ2) is 6.43. The minimum absolute atomic E-state index is 0.0455. The zero-order valence-electron chi connectivity index (χ0n) is 10.1. The van der Waals surface area contributed by atoms with Gasteiger partial charge in [0.25, 0.3) is 5.91 Å². The molecular weight excluding hydrogens is 311 g/mol. The number of hydrogen-bond acceptors (Lipinski definition) is 2. The van der Waals surface area contributed by atoms with Gasteiger partial charge in [-0.2, -0.15) is 0 Å². The van der Waals surface area contributed by atoms with Crippen molar-refractivity contribution in [1.29, 1.82) is 0 Å². The first kappa shape index (κ1) is 13.7. The molecule has 1 amide bonds. The Hall–Kier alpha value is -1.75. The smallest absolute Gasteiger partial charge is 0.254 e. The van der Waals surface area contributed by atoms with Gasteiger partial charge >= 0.3 is 0 Å². The zero-order valence-corrected chi connectivity index (χ0v) is 11.7. The third-order valence-corrected chi connectivity index (χ3v) is 3.26. The summed E-state index contributed by atoms with van der Waals surface area (Å²) < 4.78 is 14.0. The van der Waals surface area contributed by atoms with E-state index in [4.69, 9.17) is 0 Å². The molecule has 2 aromatic rings.